The average Bonchev–Trinajstić information content (AvgIpc) is 2.88. The van der Waals surface area contributed by atoms with Gasteiger partial charge >= 0.3 is 0 Å². The number of benzene rings is 1. The van der Waals surface area contributed by atoms with Crippen molar-refractivity contribution >= 4 is 28.6 Å². The number of H-pyrrole nitrogens is 1. The molecule has 130 valence electrons. The minimum absolute atomic E-state index is 0.0116. The molecule has 0 spiro atoms. The van der Waals surface area contributed by atoms with Crippen LogP contribution in [0.2, 0.25) is 0 Å². The Hall–Kier alpha value is -3.04. The van der Waals surface area contributed by atoms with Crippen molar-refractivity contribution in [3.63, 3.8) is 0 Å². The molecule has 0 saturated carbocycles. The molecule has 0 saturated heterocycles. The number of anilines is 1. The van der Waals surface area contributed by atoms with Crippen molar-refractivity contribution < 1.29 is 15.0 Å². The number of carbonyl (C=O) groups excluding carboxylic acids is 1. The van der Waals surface area contributed by atoms with E-state index in [4.69, 9.17) is 0 Å². The maximum Gasteiger partial charge on any atom is 0.297 e. The first kappa shape index (κ1) is 16.8. The first-order chi connectivity index (χ1) is 11.8. The maximum atomic E-state index is 12.3. The first-order valence-corrected chi connectivity index (χ1v) is 7.46. The average molecular weight is 343 g/mol. The Kier molecular flexibility index (Phi) is 4.11. The van der Waals surface area contributed by atoms with Crippen LogP contribution in [0.15, 0.2) is 39.0 Å². The lowest BCUT2D eigenvalue weighted by atomic mass is 10.1. The number of nitrogens with zero attached hydrogens (tertiary/aromatic N) is 4. The van der Waals surface area contributed by atoms with Gasteiger partial charge in [0.2, 0.25) is 0 Å². The summed E-state index contributed by atoms with van der Waals surface area (Å²) in [7, 11) is 3.83. The smallest absolute Gasteiger partial charge is 0.297 e. The lowest BCUT2D eigenvalue weighted by Crippen LogP contribution is -2.43. The molecule has 2 aromatic rings. The summed E-state index contributed by atoms with van der Waals surface area (Å²) >= 11 is 0. The number of fused-ring (bicyclic) bond motifs is 1. The number of aliphatic imine (C=N–C) groups is 1. The molecule has 9 heteroatoms. The molecule has 1 aromatic heterocycles. The fraction of sp³-hybridized carbons (Fsp3) is 0.250. The van der Waals surface area contributed by atoms with Gasteiger partial charge in [0, 0.05) is 19.8 Å². The molecule has 0 fully saturated rings. The third kappa shape index (κ3) is 2.90. The maximum absolute atomic E-state index is 12.3. The van der Waals surface area contributed by atoms with Crippen LogP contribution in [0.25, 0.3) is 5.57 Å². The molecule has 0 aliphatic carbocycles. The van der Waals surface area contributed by atoms with Crippen molar-refractivity contribution in [2.45, 2.75) is 13.3 Å². The standard InChI is InChI=1S/C16H17N5O4/c1-8-11-13(19-21(15(11)23)16(24)25)18-14(22)12(8)17-9-4-6-10(7-5-9)20(2)3/h4-7,16,24-25H,1-3H3,(H,18,19,22). The van der Waals surface area contributed by atoms with Crippen molar-refractivity contribution in [2.24, 2.45) is 9.98 Å². The van der Waals surface area contributed by atoms with Gasteiger partial charge in [-0.2, -0.15) is 9.67 Å². The van der Waals surface area contributed by atoms with Crippen molar-refractivity contribution in [1.29, 1.82) is 0 Å². The van der Waals surface area contributed by atoms with Crippen LogP contribution in [0.1, 0.15) is 13.3 Å². The number of aromatic amines is 1. The van der Waals surface area contributed by atoms with E-state index in [1.807, 2.05) is 31.1 Å². The Morgan fingerprint density at radius 2 is 1.84 bits per heavy atom. The fourth-order valence-electron chi connectivity index (χ4n) is 2.54. The van der Waals surface area contributed by atoms with Crippen molar-refractivity contribution in [2.75, 3.05) is 19.0 Å². The minimum atomic E-state index is -2.05. The lowest BCUT2D eigenvalue weighted by Gasteiger charge is -2.12. The molecule has 1 aliphatic heterocycles. The molecule has 25 heavy (non-hydrogen) atoms. The van der Waals surface area contributed by atoms with Gasteiger partial charge in [0.25, 0.3) is 17.9 Å². The third-order valence-corrected chi connectivity index (χ3v) is 3.88. The van der Waals surface area contributed by atoms with Gasteiger partial charge in [0.05, 0.1) is 10.9 Å². The Bertz CT molecular complexity index is 1040. The quantitative estimate of drug-likeness (QED) is 0.603. The van der Waals surface area contributed by atoms with E-state index >= 15 is 0 Å². The highest BCUT2D eigenvalue weighted by molar-refractivity contribution is 6.54. The Balaban J connectivity index is 2.15. The molecule has 0 atom stereocenters. The number of aliphatic hydroxyl groups excluding tert-OH is 1. The van der Waals surface area contributed by atoms with Gasteiger partial charge in [-0.05, 0) is 36.8 Å². The zero-order valence-electron chi connectivity index (χ0n) is 13.9. The fourth-order valence-corrected chi connectivity index (χ4v) is 2.54. The summed E-state index contributed by atoms with van der Waals surface area (Å²) < 4.78 is 0.583. The van der Waals surface area contributed by atoms with Crippen molar-refractivity contribution in [1.82, 2.24) is 9.78 Å². The topological polar surface area (TPSA) is 123 Å². The minimum Gasteiger partial charge on any atom is -0.378 e. The summed E-state index contributed by atoms with van der Waals surface area (Å²) in [5, 5.41) is 20.9. The Morgan fingerprint density at radius 1 is 1.20 bits per heavy atom. The molecular weight excluding hydrogens is 326 g/mol. The second-order valence-electron chi connectivity index (χ2n) is 5.77. The number of aliphatic hydroxyl groups is 2. The third-order valence-electron chi connectivity index (χ3n) is 3.88. The van der Waals surface area contributed by atoms with Gasteiger partial charge < -0.3 is 15.1 Å². The Labute approximate surface area is 141 Å². The Morgan fingerprint density at radius 3 is 2.40 bits per heavy atom. The van der Waals surface area contributed by atoms with E-state index < -0.39 is 17.9 Å². The van der Waals surface area contributed by atoms with Crippen LogP contribution in [0.4, 0.5) is 11.4 Å². The molecule has 1 aliphatic rings. The number of nitrogens with one attached hydrogen (secondary N) is 1. The molecule has 3 rings (SSSR count). The summed E-state index contributed by atoms with van der Waals surface area (Å²) in [6.07, 6.45) is -2.05. The molecule has 0 unspecified atom stereocenters. The molecule has 1 amide bonds. The van der Waals surface area contributed by atoms with Gasteiger partial charge in [0.15, 0.2) is 5.49 Å². The van der Waals surface area contributed by atoms with Gasteiger partial charge in [-0.25, -0.2) is 4.99 Å². The lowest BCUT2D eigenvalue weighted by molar-refractivity contribution is -0.114. The van der Waals surface area contributed by atoms with Crippen LogP contribution < -0.4 is 21.2 Å². The highest BCUT2D eigenvalue weighted by atomic mass is 16.5. The summed E-state index contributed by atoms with van der Waals surface area (Å²) in [5.41, 5.74) is 1.20. The van der Waals surface area contributed by atoms with E-state index in [1.54, 1.807) is 19.1 Å². The molecule has 9 nitrogen and oxygen atoms in total. The predicted molar refractivity (Wildman–Crippen MR) is 91.3 cm³/mol. The summed E-state index contributed by atoms with van der Waals surface area (Å²) in [5.74, 6) is -0.609. The van der Waals surface area contributed by atoms with Gasteiger partial charge in [-0.3, -0.25) is 14.7 Å². The monoisotopic (exact) mass is 343 g/mol. The molecule has 0 bridgehead atoms. The molecule has 2 heterocycles. The van der Waals surface area contributed by atoms with Crippen LogP contribution in [-0.4, -0.2) is 45.7 Å². The van der Waals surface area contributed by atoms with Gasteiger partial charge in [0.1, 0.15) is 5.71 Å². The normalized spacial score (nSPS) is 15.5. The van der Waals surface area contributed by atoms with E-state index in [-0.39, 0.29) is 16.4 Å². The van der Waals surface area contributed by atoms with E-state index in [1.165, 1.54) is 0 Å². The van der Waals surface area contributed by atoms with E-state index in [0.29, 0.717) is 15.9 Å². The highest BCUT2D eigenvalue weighted by Gasteiger charge is 2.23. The van der Waals surface area contributed by atoms with Gasteiger partial charge in [-0.15, -0.1) is 0 Å². The number of hydrogen-bond acceptors (Lipinski definition) is 6. The van der Waals surface area contributed by atoms with Crippen LogP contribution in [-0.2, 0) is 4.79 Å². The predicted octanol–water partition coefficient (Wildman–Crippen LogP) is -1.21. The molecular formula is C16H17N5O4. The van der Waals surface area contributed by atoms with Crippen LogP contribution in [0.5, 0.6) is 0 Å². The summed E-state index contributed by atoms with van der Waals surface area (Å²) in [4.78, 5) is 34.5. The summed E-state index contributed by atoms with van der Waals surface area (Å²) in [6.45, 7) is 1.57. The number of rotatable bonds is 3. The zero-order chi connectivity index (χ0) is 18.3. The highest BCUT2D eigenvalue weighted by Crippen LogP contribution is 2.19. The number of carbonyl (C=O) groups is 1. The van der Waals surface area contributed by atoms with Crippen LogP contribution >= 0.6 is 0 Å². The first-order valence-electron chi connectivity index (χ1n) is 7.46. The van der Waals surface area contributed by atoms with Gasteiger partial charge in [-0.1, -0.05) is 0 Å². The molecule has 0 radical (unpaired) electrons. The van der Waals surface area contributed by atoms with E-state index in [0.717, 1.165) is 5.69 Å². The number of amides is 1. The molecule has 1 aromatic carbocycles. The number of hydrogen-bond donors (Lipinski definition) is 3. The zero-order valence-corrected chi connectivity index (χ0v) is 13.9. The van der Waals surface area contributed by atoms with Crippen LogP contribution in [0.3, 0.4) is 0 Å². The second-order valence-corrected chi connectivity index (χ2v) is 5.77. The summed E-state index contributed by atoms with van der Waals surface area (Å²) in [6, 6.07) is 7.22. The SMILES string of the molecule is CC1=c2c([nH]n(C(O)O)c2=O)=NC(=O)C1=Nc1ccc(N(C)C)cc1. The van der Waals surface area contributed by atoms with Crippen LogP contribution in [0, 0.1) is 0 Å². The largest absolute Gasteiger partial charge is 0.378 e. The van der Waals surface area contributed by atoms with Crippen molar-refractivity contribution in [3.8, 4) is 0 Å². The van der Waals surface area contributed by atoms with E-state index in [2.05, 4.69) is 15.1 Å². The molecule has 3 N–H and O–H groups in total. The van der Waals surface area contributed by atoms with Crippen molar-refractivity contribution in [3.05, 3.63) is 45.3 Å². The number of aromatic nitrogens is 2. The second kappa shape index (κ2) is 6.11. The van der Waals surface area contributed by atoms with E-state index in [9.17, 15) is 19.8 Å².